The second-order valence-corrected chi connectivity index (χ2v) is 5.89. The van der Waals surface area contributed by atoms with Gasteiger partial charge in [-0.2, -0.15) is 0 Å². The maximum Gasteiger partial charge on any atom is 0.178 e. The number of aromatic nitrogens is 3. The maximum absolute atomic E-state index is 6.02. The SMILES string of the molecule is Cc1ccc(-n2c(CCl)nnc2-c2cccs2)c(C)c1. The summed E-state index contributed by atoms with van der Waals surface area (Å²) in [5.41, 5.74) is 3.51. The van der Waals surface area contributed by atoms with Gasteiger partial charge in [0, 0.05) is 0 Å². The zero-order valence-corrected chi connectivity index (χ0v) is 12.9. The summed E-state index contributed by atoms with van der Waals surface area (Å²) < 4.78 is 2.05. The lowest BCUT2D eigenvalue weighted by Gasteiger charge is -2.12. The van der Waals surface area contributed by atoms with Gasteiger partial charge in [0.2, 0.25) is 0 Å². The van der Waals surface area contributed by atoms with E-state index in [4.69, 9.17) is 11.6 Å². The van der Waals surface area contributed by atoms with Crippen LogP contribution in [0.15, 0.2) is 35.7 Å². The molecular weight excluding hydrogens is 290 g/mol. The molecule has 0 unspecified atom stereocenters. The molecule has 3 aromatic rings. The van der Waals surface area contributed by atoms with Gasteiger partial charge in [-0.25, -0.2) is 0 Å². The number of nitrogens with zero attached hydrogens (tertiary/aromatic N) is 3. The molecule has 0 aliphatic heterocycles. The van der Waals surface area contributed by atoms with E-state index in [2.05, 4.69) is 42.2 Å². The van der Waals surface area contributed by atoms with Crippen LogP contribution in [0.25, 0.3) is 16.4 Å². The van der Waals surface area contributed by atoms with Gasteiger partial charge in [0.25, 0.3) is 0 Å². The minimum Gasteiger partial charge on any atom is -0.277 e. The first-order valence-corrected chi connectivity index (χ1v) is 7.74. The quantitative estimate of drug-likeness (QED) is 0.673. The summed E-state index contributed by atoms with van der Waals surface area (Å²) in [6, 6.07) is 10.4. The second-order valence-electron chi connectivity index (χ2n) is 4.68. The highest BCUT2D eigenvalue weighted by Gasteiger charge is 2.16. The van der Waals surface area contributed by atoms with Crippen LogP contribution in [-0.2, 0) is 5.88 Å². The molecule has 0 aliphatic carbocycles. The Kier molecular flexibility index (Phi) is 3.59. The molecule has 0 bridgehead atoms. The molecule has 0 saturated carbocycles. The molecular formula is C15H14ClN3S. The van der Waals surface area contributed by atoms with Gasteiger partial charge in [0.15, 0.2) is 11.6 Å². The van der Waals surface area contributed by atoms with Crippen molar-refractivity contribution in [3.8, 4) is 16.4 Å². The predicted molar refractivity (Wildman–Crippen MR) is 83.7 cm³/mol. The average Bonchev–Trinajstić information content (AvgIpc) is 3.07. The molecule has 0 fully saturated rings. The van der Waals surface area contributed by atoms with Crippen molar-refractivity contribution in [2.24, 2.45) is 0 Å². The van der Waals surface area contributed by atoms with Crippen LogP contribution < -0.4 is 0 Å². The third kappa shape index (κ3) is 2.25. The molecule has 20 heavy (non-hydrogen) atoms. The first-order chi connectivity index (χ1) is 9.70. The van der Waals surface area contributed by atoms with Crippen LogP contribution in [0.5, 0.6) is 0 Å². The fourth-order valence-corrected chi connectivity index (χ4v) is 3.15. The third-order valence-corrected chi connectivity index (χ3v) is 4.29. The highest BCUT2D eigenvalue weighted by molar-refractivity contribution is 7.13. The topological polar surface area (TPSA) is 30.7 Å². The van der Waals surface area contributed by atoms with Crippen LogP contribution in [0.1, 0.15) is 17.0 Å². The Hall–Kier alpha value is -1.65. The van der Waals surface area contributed by atoms with E-state index >= 15 is 0 Å². The maximum atomic E-state index is 6.02. The first-order valence-electron chi connectivity index (χ1n) is 6.32. The monoisotopic (exact) mass is 303 g/mol. The summed E-state index contributed by atoms with van der Waals surface area (Å²) >= 11 is 7.67. The number of alkyl halides is 1. The lowest BCUT2D eigenvalue weighted by atomic mass is 10.1. The van der Waals surface area contributed by atoms with E-state index in [9.17, 15) is 0 Å². The van der Waals surface area contributed by atoms with Gasteiger partial charge in [-0.3, -0.25) is 4.57 Å². The standard InChI is InChI=1S/C15H14ClN3S/c1-10-5-6-12(11(2)8-10)19-14(9-16)17-18-15(19)13-4-3-7-20-13/h3-8H,9H2,1-2H3. The zero-order valence-electron chi connectivity index (χ0n) is 11.3. The molecule has 102 valence electrons. The number of thiophene rings is 1. The number of rotatable bonds is 3. The summed E-state index contributed by atoms with van der Waals surface area (Å²) in [7, 11) is 0. The third-order valence-electron chi connectivity index (χ3n) is 3.18. The first kappa shape index (κ1) is 13.3. The molecule has 3 nitrogen and oxygen atoms in total. The molecule has 0 radical (unpaired) electrons. The van der Waals surface area contributed by atoms with E-state index in [-0.39, 0.29) is 0 Å². The van der Waals surface area contributed by atoms with Crippen LogP contribution in [-0.4, -0.2) is 14.8 Å². The molecule has 1 aromatic carbocycles. The van der Waals surface area contributed by atoms with Crippen LogP contribution >= 0.6 is 22.9 Å². The Balaban J connectivity index is 2.24. The average molecular weight is 304 g/mol. The van der Waals surface area contributed by atoms with E-state index in [0.29, 0.717) is 5.88 Å². The number of aryl methyl sites for hydroxylation is 2. The van der Waals surface area contributed by atoms with Gasteiger partial charge >= 0.3 is 0 Å². The summed E-state index contributed by atoms with van der Waals surface area (Å²) in [5, 5.41) is 10.6. The number of hydrogen-bond acceptors (Lipinski definition) is 3. The highest BCUT2D eigenvalue weighted by atomic mass is 35.5. The van der Waals surface area contributed by atoms with Gasteiger partial charge in [0.05, 0.1) is 16.4 Å². The van der Waals surface area contributed by atoms with Gasteiger partial charge in [-0.05, 0) is 36.9 Å². The molecule has 2 heterocycles. The Morgan fingerprint density at radius 2 is 2.05 bits per heavy atom. The smallest absolute Gasteiger partial charge is 0.178 e. The normalized spacial score (nSPS) is 10.9. The largest absolute Gasteiger partial charge is 0.277 e. The lowest BCUT2D eigenvalue weighted by molar-refractivity contribution is 0.946. The van der Waals surface area contributed by atoms with Gasteiger partial charge in [0.1, 0.15) is 0 Å². The van der Waals surface area contributed by atoms with E-state index in [0.717, 1.165) is 22.2 Å². The van der Waals surface area contributed by atoms with E-state index in [1.54, 1.807) is 11.3 Å². The summed E-state index contributed by atoms with van der Waals surface area (Å²) in [5.74, 6) is 1.95. The van der Waals surface area contributed by atoms with E-state index < -0.39 is 0 Å². The molecule has 2 aromatic heterocycles. The molecule has 5 heteroatoms. The number of benzene rings is 1. The minimum atomic E-state index is 0.339. The van der Waals surface area contributed by atoms with Gasteiger partial charge in [-0.15, -0.1) is 33.1 Å². The van der Waals surface area contributed by atoms with E-state index in [1.807, 2.05) is 22.1 Å². The predicted octanol–water partition coefficient (Wildman–Crippen LogP) is 4.35. The molecule has 0 N–H and O–H groups in total. The van der Waals surface area contributed by atoms with Gasteiger partial charge in [-0.1, -0.05) is 23.8 Å². The van der Waals surface area contributed by atoms with Crippen molar-refractivity contribution in [3.63, 3.8) is 0 Å². The van der Waals surface area contributed by atoms with Crippen LogP contribution in [0.3, 0.4) is 0 Å². The molecule has 3 rings (SSSR count). The summed E-state index contributed by atoms with van der Waals surface area (Å²) in [6.07, 6.45) is 0. The molecule has 0 aliphatic rings. The van der Waals surface area contributed by atoms with Crippen LogP contribution in [0, 0.1) is 13.8 Å². The number of hydrogen-bond donors (Lipinski definition) is 0. The minimum absolute atomic E-state index is 0.339. The Morgan fingerprint density at radius 3 is 2.70 bits per heavy atom. The van der Waals surface area contributed by atoms with Crippen LogP contribution in [0.4, 0.5) is 0 Å². The fourth-order valence-electron chi connectivity index (χ4n) is 2.28. The Morgan fingerprint density at radius 1 is 1.20 bits per heavy atom. The summed E-state index contributed by atoms with van der Waals surface area (Å²) in [4.78, 5) is 1.09. The second kappa shape index (κ2) is 5.38. The zero-order chi connectivity index (χ0) is 14.1. The van der Waals surface area contributed by atoms with Crippen molar-refractivity contribution in [1.29, 1.82) is 0 Å². The molecule has 0 saturated heterocycles. The van der Waals surface area contributed by atoms with Crippen molar-refractivity contribution in [1.82, 2.24) is 14.8 Å². The van der Waals surface area contributed by atoms with Crippen molar-refractivity contribution < 1.29 is 0 Å². The fraction of sp³-hybridized carbons (Fsp3) is 0.200. The molecule has 0 atom stereocenters. The molecule has 0 spiro atoms. The van der Waals surface area contributed by atoms with Crippen LogP contribution in [0.2, 0.25) is 0 Å². The van der Waals surface area contributed by atoms with Crippen molar-refractivity contribution in [3.05, 3.63) is 52.7 Å². The van der Waals surface area contributed by atoms with Crippen molar-refractivity contribution in [2.75, 3.05) is 0 Å². The summed E-state index contributed by atoms with van der Waals surface area (Å²) in [6.45, 7) is 4.18. The Bertz CT molecular complexity index is 732. The van der Waals surface area contributed by atoms with Crippen molar-refractivity contribution in [2.45, 2.75) is 19.7 Å². The number of halogens is 1. The van der Waals surface area contributed by atoms with Crippen molar-refractivity contribution >= 4 is 22.9 Å². The van der Waals surface area contributed by atoms with Gasteiger partial charge < -0.3 is 0 Å². The lowest BCUT2D eigenvalue weighted by Crippen LogP contribution is -2.03. The van der Waals surface area contributed by atoms with E-state index in [1.165, 1.54) is 11.1 Å². The Labute approximate surface area is 126 Å². The molecule has 0 amide bonds. The highest BCUT2D eigenvalue weighted by Crippen LogP contribution is 2.28.